The number of hydrogen-bond acceptors (Lipinski definition) is 4. The van der Waals surface area contributed by atoms with Gasteiger partial charge >= 0.3 is 0 Å². The highest BCUT2D eigenvalue weighted by Gasteiger charge is 2.26. The van der Waals surface area contributed by atoms with Crippen molar-refractivity contribution in [2.24, 2.45) is 0 Å². The molecule has 3 rings (SSSR count). The molecule has 6 heteroatoms. The van der Waals surface area contributed by atoms with Crippen LogP contribution in [0.4, 0.5) is 0 Å². The minimum Gasteiger partial charge on any atom is -0.383 e. The molecule has 0 aliphatic carbocycles. The van der Waals surface area contributed by atoms with Gasteiger partial charge in [0.05, 0.1) is 28.1 Å². The van der Waals surface area contributed by atoms with Gasteiger partial charge in [-0.05, 0) is 43.0 Å². The Morgan fingerprint density at radius 2 is 1.54 bits per heavy atom. The number of fused-ring (bicyclic) bond motifs is 1. The van der Waals surface area contributed by atoms with Gasteiger partial charge in [0.15, 0.2) is 0 Å². The number of aliphatic hydroxyl groups is 2. The van der Waals surface area contributed by atoms with E-state index in [9.17, 15) is 10.2 Å². The van der Waals surface area contributed by atoms with Crippen LogP contribution in [-0.4, -0.2) is 10.2 Å². The summed E-state index contributed by atoms with van der Waals surface area (Å²) in [5, 5.41) is 21.4. The van der Waals surface area contributed by atoms with E-state index in [1.807, 2.05) is 30.3 Å². The Morgan fingerprint density at radius 3 is 2.12 bits per heavy atom. The van der Waals surface area contributed by atoms with Gasteiger partial charge in [-0.15, -0.1) is 22.7 Å². The molecule has 0 aliphatic heterocycles. The predicted molar refractivity (Wildman–Crippen MR) is 119 cm³/mol. The van der Waals surface area contributed by atoms with Gasteiger partial charge in [0.1, 0.15) is 12.2 Å². The molecule has 134 valence electrons. The van der Waals surface area contributed by atoms with E-state index in [2.05, 4.69) is 45.0 Å². The number of halogens is 2. The van der Waals surface area contributed by atoms with Gasteiger partial charge in [-0.25, -0.2) is 0 Å². The Kier molecular flexibility index (Phi) is 6.33. The first-order valence-electron chi connectivity index (χ1n) is 7.75. The molecule has 1 aromatic carbocycles. The average molecular weight is 512 g/mol. The molecule has 2 unspecified atom stereocenters. The molecule has 2 nitrogen and oxygen atoms in total. The first-order chi connectivity index (χ1) is 12.5. The van der Waals surface area contributed by atoms with E-state index in [4.69, 9.17) is 0 Å². The predicted octanol–water partition coefficient (Wildman–Crippen LogP) is 6.90. The lowest BCUT2D eigenvalue weighted by molar-refractivity contribution is 0.223. The van der Waals surface area contributed by atoms with E-state index in [0.717, 1.165) is 33.7 Å². The highest BCUT2D eigenvalue weighted by atomic mass is 79.9. The summed E-state index contributed by atoms with van der Waals surface area (Å²) in [6.07, 6.45) is 3.54. The Bertz CT molecular complexity index is 986. The maximum Gasteiger partial charge on any atom is 0.114 e. The molecular formula is C20H16Br2O2S2. The second-order valence-electron chi connectivity index (χ2n) is 5.54. The average Bonchev–Trinajstić information content (AvgIpc) is 3.16. The van der Waals surface area contributed by atoms with Crippen LogP contribution in [0.25, 0.3) is 9.40 Å². The zero-order valence-corrected chi connectivity index (χ0v) is 18.5. The molecule has 2 atom stereocenters. The van der Waals surface area contributed by atoms with E-state index in [1.54, 1.807) is 18.2 Å². The summed E-state index contributed by atoms with van der Waals surface area (Å²) in [7, 11) is 0. The standard InChI is InChI=1S/C20H16Br2O2S2/c1-3-8-11(4-2)15(23)17-13(21)19-20(25-17)14(22)18(26-19)16(24)12-9-6-5-7-10-12/h3-10,15-16,23-24H,1-2H2/b11-8+. The Balaban J connectivity index is 2.06. The van der Waals surface area contributed by atoms with Crippen molar-refractivity contribution in [3.8, 4) is 0 Å². The topological polar surface area (TPSA) is 40.5 Å². The number of rotatable bonds is 6. The van der Waals surface area contributed by atoms with Gasteiger partial charge < -0.3 is 10.2 Å². The highest BCUT2D eigenvalue weighted by Crippen LogP contribution is 2.51. The van der Waals surface area contributed by atoms with Crippen LogP contribution < -0.4 is 0 Å². The van der Waals surface area contributed by atoms with Crippen molar-refractivity contribution < 1.29 is 10.2 Å². The molecule has 0 bridgehead atoms. The second kappa shape index (κ2) is 8.33. The van der Waals surface area contributed by atoms with Gasteiger partial charge in [-0.3, -0.25) is 0 Å². The molecule has 0 fully saturated rings. The third kappa shape index (κ3) is 3.54. The molecular weight excluding hydrogens is 496 g/mol. The van der Waals surface area contributed by atoms with E-state index < -0.39 is 12.2 Å². The minimum absolute atomic E-state index is 0.690. The lowest BCUT2D eigenvalue weighted by atomic mass is 10.1. The summed E-state index contributed by atoms with van der Waals surface area (Å²) in [5.41, 5.74) is 1.54. The molecule has 26 heavy (non-hydrogen) atoms. The molecule has 0 saturated heterocycles. The summed E-state index contributed by atoms with van der Waals surface area (Å²) < 4.78 is 3.72. The van der Waals surface area contributed by atoms with Crippen LogP contribution in [0.2, 0.25) is 0 Å². The summed E-state index contributed by atoms with van der Waals surface area (Å²) >= 11 is 10.3. The molecule has 0 amide bonds. The number of aliphatic hydroxyl groups excluding tert-OH is 2. The molecule has 3 aromatic rings. The molecule has 0 aliphatic rings. The minimum atomic E-state index is -0.779. The fourth-order valence-electron chi connectivity index (χ4n) is 2.61. The lowest BCUT2D eigenvalue weighted by Gasteiger charge is -2.11. The van der Waals surface area contributed by atoms with Gasteiger partial charge in [0.25, 0.3) is 0 Å². The van der Waals surface area contributed by atoms with E-state index in [-0.39, 0.29) is 0 Å². The summed E-state index contributed by atoms with van der Waals surface area (Å²) in [6.45, 7) is 7.44. The van der Waals surface area contributed by atoms with Gasteiger partial charge in [0, 0.05) is 0 Å². The third-order valence-electron chi connectivity index (χ3n) is 3.94. The van der Waals surface area contributed by atoms with E-state index in [1.165, 1.54) is 22.7 Å². The summed E-state index contributed by atoms with van der Waals surface area (Å²) in [5.74, 6) is 0. The van der Waals surface area contributed by atoms with Crippen molar-refractivity contribution in [3.05, 3.63) is 91.6 Å². The largest absolute Gasteiger partial charge is 0.383 e. The van der Waals surface area contributed by atoms with Crippen molar-refractivity contribution >= 4 is 63.9 Å². The molecule has 2 heterocycles. The normalized spacial score (nSPS) is 14.4. The number of allylic oxidation sites excluding steroid dienone is 2. The Labute approximate surface area is 177 Å². The Morgan fingerprint density at radius 1 is 0.962 bits per heavy atom. The van der Waals surface area contributed by atoms with Gasteiger partial charge in [0.2, 0.25) is 0 Å². The quantitative estimate of drug-likeness (QED) is 0.353. The monoisotopic (exact) mass is 510 g/mol. The van der Waals surface area contributed by atoms with Crippen molar-refractivity contribution in [2.75, 3.05) is 0 Å². The summed E-state index contributed by atoms with van der Waals surface area (Å²) in [4.78, 5) is 1.66. The zero-order valence-electron chi connectivity index (χ0n) is 13.7. The van der Waals surface area contributed by atoms with Crippen LogP contribution in [0.3, 0.4) is 0 Å². The van der Waals surface area contributed by atoms with Crippen LogP contribution in [0.1, 0.15) is 27.5 Å². The number of benzene rings is 1. The number of hydrogen-bond donors (Lipinski definition) is 2. The van der Waals surface area contributed by atoms with Gasteiger partial charge in [-0.2, -0.15) is 0 Å². The highest BCUT2D eigenvalue weighted by molar-refractivity contribution is 9.11. The molecule has 2 aromatic heterocycles. The fourth-order valence-corrected chi connectivity index (χ4v) is 7.16. The maximum absolute atomic E-state index is 10.7. The van der Waals surface area contributed by atoms with E-state index in [0.29, 0.717) is 5.57 Å². The van der Waals surface area contributed by atoms with Gasteiger partial charge in [-0.1, -0.05) is 61.7 Å². The van der Waals surface area contributed by atoms with Crippen molar-refractivity contribution in [3.63, 3.8) is 0 Å². The smallest absolute Gasteiger partial charge is 0.114 e. The molecule has 0 radical (unpaired) electrons. The van der Waals surface area contributed by atoms with Crippen LogP contribution in [0.15, 0.2) is 76.2 Å². The summed E-state index contributed by atoms with van der Waals surface area (Å²) in [6, 6.07) is 9.57. The fraction of sp³-hybridized carbons (Fsp3) is 0.100. The molecule has 0 spiro atoms. The lowest BCUT2D eigenvalue weighted by Crippen LogP contribution is -1.98. The SMILES string of the molecule is C=C/C=C(\C=C)C(O)c1sc2c(Br)c(C(O)c3ccccc3)sc2c1Br. The number of thiophene rings is 2. The molecule has 0 saturated carbocycles. The zero-order chi connectivity index (χ0) is 18.8. The van der Waals surface area contributed by atoms with Crippen LogP contribution >= 0.6 is 54.5 Å². The van der Waals surface area contributed by atoms with Crippen molar-refractivity contribution in [1.82, 2.24) is 0 Å². The van der Waals surface area contributed by atoms with Crippen molar-refractivity contribution in [2.45, 2.75) is 12.2 Å². The second-order valence-corrected chi connectivity index (χ2v) is 9.23. The van der Waals surface area contributed by atoms with Crippen LogP contribution in [-0.2, 0) is 0 Å². The van der Waals surface area contributed by atoms with Crippen LogP contribution in [0, 0.1) is 0 Å². The van der Waals surface area contributed by atoms with Crippen LogP contribution in [0.5, 0.6) is 0 Å². The third-order valence-corrected chi connectivity index (χ3v) is 9.28. The first kappa shape index (κ1) is 19.7. The van der Waals surface area contributed by atoms with E-state index >= 15 is 0 Å². The Hall–Kier alpha value is -1.02. The molecule has 2 N–H and O–H groups in total. The maximum atomic E-state index is 10.7. The van der Waals surface area contributed by atoms with Crippen molar-refractivity contribution in [1.29, 1.82) is 0 Å². The first-order valence-corrected chi connectivity index (χ1v) is 11.0.